The summed E-state index contributed by atoms with van der Waals surface area (Å²) in [6, 6.07) is -0.264. The number of aliphatic hydroxyl groups is 1. The zero-order valence-electron chi connectivity index (χ0n) is 9.23. The quantitative estimate of drug-likeness (QED) is 0.489. The third kappa shape index (κ3) is 2.24. The Balaban J connectivity index is 2.15. The molecule has 0 bridgehead atoms. The molecule has 2 heterocycles. The van der Waals surface area contributed by atoms with Crippen LogP contribution in [0.2, 0.25) is 0 Å². The predicted octanol–water partition coefficient (Wildman–Crippen LogP) is 0.788. The Morgan fingerprint density at radius 2 is 2.44 bits per heavy atom. The highest BCUT2D eigenvalue weighted by atomic mass is 19.1. The molecule has 2 rings (SSSR count). The van der Waals surface area contributed by atoms with Crippen molar-refractivity contribution < 1.29 is 24.0 Å². The Hall–Kier alpha value is -1.80. The number of hydrogen-bond donors (Lipinski definition) is 1. The normalized spacial score (nSPS) is 27.3. The maximum absolute atomic E-state index is 12.7. The molecule has 18 heavy (non-hydrogen) atoms. The van der Waals surface area contributed by atoms with E-state index in [2.05, 4.69) is 0 Å². The van der Waals surface area contributed by atoms with Gasteiger partial charge in [0.25, 0.3) is 5.69 Å². The highest BCUT2D eigenvalue weighted by Crippen LogP contribution is 2.35. The van der Waals surface area contributed by atoms with E-state index in [-0.39, 0.29) is 12.1 Å². The van der Waals surface area contributed by atoms with Gasteiger partial charge in [0.05, 0.1) is 29.7 Å². The maximum atomic E-state index is 12.7. The van der Waals surface area contributed by atoms with Crippen molar-refractivity contribution in [3.05, 3.63) is 28.6 Å². The summed E-state index contributed by atoms with van der Waals surface area (Å²) in [5, 5.41) is 19.5. The lowest BCUT2D eigenvalue weighted by atomic mass is 10.0. The molecule has 0 amide bonds. The van der Waals surface area contributed by atoms with Gasteiger partial charge in [0.1, 0.15) is 6.23 Å². The van der Waals surface area contributed by atoms with Crippen LogP contribution in [-0.4, -0.2) is 33.3 Å². The number of rotatable bonds is 4. The number of nitro groups is 1. The smallest absolute Gasteiger partial charge is 0.307 e. The summed E-state index contributed by atoms with van der Waals surface area (Å²) in [6.07, 6.45) is 1.12. The summed E-state index contributed by atoms with van der Waals surface area (Å²) in [4.78, 5) is 20.7. The van der Waals surface area contributed by atoms with Gasteiger partial charge in [-0.2, -0.15) is 4.39 Å². The molecule has 98 valence electrons. The van der Waals surface area contributed by atoms with Crippen LogP contribution in [0.15, 0.2) is 18.5 Å². The van der Waals surface area contributed by atoms with Gasteiger partial charge in [0, 0.05) is 18.7 Å². The number of halogens is 1. The summed E-state index contributed by atoms with van der Waals surface area (Å²) in [5.41, 5.74) is -0.117. The largest absolute Gasteiger partial charge is 0.394 e. The van der Waals surface area contributed by atoms with Crippen molar-refractivity contribution in [1.82, 2.24) is 4.57 Å². The Bertz CT molecular complexity index is 475. The lowest BCUT2D eigenvalue weighted by molar-refractivity contribution is -0.384. The zero-order valence-corrected chi connectivity index (χ0v) is 9.23. The fourth-order valence-corrected chi connectivity index (χ4v) is 2.01. The molecule has 8 heteroatoms. The lowest BCUT2D eigenvalue weighted by Crippen LogP contribution is -2.24. The van der Waals surface area contributed by atoms with Crippen molar-refractivity contribution in [2.24, 2.45) is 5.92 Å². The van der Waals surface area contributed by atoms with E-state index in [1.807, 2.05) is 0 Å². The molecule has 1 aliphatic heterocycles. The van der Waals surface area contributed by atoms with Crippen LogP contribution in [0.25, 0.3) is 0 Å². The molecule has 1 aliphatic rings. The highest BCUT2D eigenvalue weighted by Gasteiger charge is 2.40. The van der Waals surface area contributed by atoms with Gasteiger partial charge in [-0.25, -0.2) is 0 Å². The van der Waals surface area contributed by atoms with E-state index >= 15 is 0 Å². The zero-order chi connectivity index (χ0) is 13.3. The molecule has 0 unspecified atom stereocenters. The van der Waals surface area contributed by atoms with Crippen molar-refractivity contribution in [1.29, 1.82) is 0 Å². The Labute approximate surface area is 101 Å². The van der Waals surface area contributed by atoms with Gasteiger partial charge in [0.2, 0.25) is 0 Å². The van der Waals surface area contributed by atoms with Crippen LogP contribution in [-0.2, 0) is 9.53 Å². The van der Waals surface area contributed by atoms with Crippen molar-refractivity contribution in [3.63, 3.8) is 0 Å². The molecule has 3 atom stereocenters. The van der Waals surface area contributed by atoms with Crippen molar-refractivity contribution in [2.45, 2.75) is 18.8 Å². The van der Waals surface area contributed by atoms with E-state index in [1.54, 1.807) is 0 Å². The monoisotopic (exact) mass is 258 g/mol. The standard InChI is InChI=1S/C10H11FN2O5/c11-10(15)7-3-9(18-8(7)5-14)12-2-1-6(4-12)13(16)17/h1-2,4,7-9,14H,3,5H2/t7-,8+,9+/m0/s1. The van der Waals surface area contributed by atoms with Crippen LogP contribution >= 0.6 is 0 Å². The SMILES string of the molecule is O=C(F)[C@H]1C[C@H](n2ccc([N+](=O)[O-])c2)O[C@@H]1CO. The Morgan fingerprint density at radius 3 is 2.89 bits per heavy atom. The number of carbonyl (C=O) groups excluding carboxylic acids is 1. The first-order valence-electron chi connectivity index (χ1n) is 5.30. The van der Waals surface area contributed by atoms with Gasteiger partial charge in [0.15, 0.2) is 0 Å². The summed E-state index contributed by atoms with van der Waals surface area (Å²) in [6.45, 7) is -0.472. The lowest BCUT2D eigenvalue weighted by Gasteiger charge is -2.13. The molecule has 1 fully saturated rings. The summed E-state index contributed by atoms with van der Waals surface area (Å²) >= 11 is 0. The molecule has 1 aromatic rings. The van der Waals surface area contributed by atoms with Crippen LogP contribution in [0.5, 0.6) is 0 Å². The molecule has 1 aromatic heterocycles. The van der Waals surface area contributed by atoms with Crippen molar-refractivity contribution in [3.8, 4) is 0 Å². The summed E-state index contributed by atoms with van der Waals surface area (Å²) < 4.78 is 19.4. The molecule has 1 N–H and O–H groups in total. The van der Waals surface area contributed by atoms with E-state index in [1.165, 1.54) is 23.0 Å². The first-order chi connectivity index (χ1) is 8.52. The van der Waals surface area contributed by atoms with Gasteiger partial charge in [-0.3, -0.25) is 14.9 Å². The third-order valence-corrected chi connectivity index (χ3v) is 2.95. The second-order valence-electron chi connectivity index (χ2n) is 4.03. The van der Waals surface area contributed by atoms with Gasteiger partial charge in [-0.1, -0.05) is 0 Å². The highest BCUT2D eigenvalue weighted by molar-refractivity contribution is 5.72. The fraction of sp³-hybridized carbons (Fsp3) is 0.500. The van der Waals surface area contributed by atoms with Crippen LogP contribution in [0.1, 0.15) is 12.6 Å². The topological polar surface area (TPSA) is 94.6 Å². The maximum Gasteiger partial charge on any atom is 0.307 e. The first kappa shape index (κ1) is 12.7. The number of ether oxygens (including phenoxy) is 1. The molecule has 0 spiro atoms. The van der Waals surface area contributed by atoms with E-state index in [0.29, 0.717) is 0 Å². The van der Waals surface area contributed by atoms with Gasteiger partial charge < -0.3 is 14.4 Å². The van der Waals surface area contributed by atoms with E-state index in [9.17, 15) is 19.3 Å². The van der Waals surface area contributed by atoms with Crippen LogP contribution in [0.4, 0.5) is 10.1 Å². The van der Waals surface area contributed by atoms with Crippen molar-refractivity contribution in [2.75, 3.05) is 6.61 Å². The third-order valence-electron chi connectivity index (χ3n) is 2.95. The predicted molar refractivity (Wildman–Crippen MR) is 56.3 cm³/mol. The molecule has 0 aromatic carbocycles. The Kier molecular flexibility index (Phi) is 3.39. The summed E-state index contributed by atoms with van der Waals surface area (Å²) in [7, 11) is 0. The van der Waals surface area contributed by atoms with Crippen LogP contribution in [0, 0.1) is 16.0 Å². The first-order valence-corrected chi connectivity index (χ1v) is 5.30. The minimum absolute atomic E-state index is 0.0480. The van der Waals surface area contributed by atoms with Crippen LogP contribution < -0.4 is 0 Å². The number of nitrogens with zero attached hydrogens (tertiary/aromatic N) is 2. The average molecular weight is 258 g/mol. The minimum Gasteiger partial charge on any atom is -0.394 e. The van der Waals surface area contributed by atoms with Gasteiger partial charge >= 0.3 is 6.04 Å². The van der Waals surface area contributed by atoms with E-state index < -0.39 is 35.8 Å². The molecular weight excluding hydrogens is 247 g/mol. The number of carbonyl (C=O) groups is 1. The molecule has 0 saturated carbocycles. The molecule has 0 radical (unpaired) electrons. The molecule has 1 saturated heterocycles. The van der Waals surface area contributed by atoms with E-state index in [4.69, 9.17) is 9.84 Å². The second-order valence-corrected chi connectivity index (χ2v) is 4.03. The van der Waals surface area contributed by atoms with Gasteiger partial charge in [-0.05, 0) is 0 Å². The van der Waals surface area contributed by atoms with E-state index in [0.717, 1.165) is 0 Å². The van der Waals surface area contributed by atoms with Crippen molar-refractivity contribution >= 4 is 11.7 Å². The molecule has 0 aliphatic carbocycles. The van der Waals surface area contributed by atoms with Crippen LogP contribution in [0.3, 0.4) is 0 Å². The van der Waals surface area contributed by atoms with Gasteiger partial charge in [-0.15, -0.1) is 0 Å². The molecule has 7 nitrogen and oxygen atoms in total. The Morgan fingerprint density at radius 1 is 1.72 bits per heavy atom. The summed E-state index contributed by atoms with van der Waals surface area (Å²) in [5.74, 6) is -1.03. The molecular formula is C10H11FN2O5. The number of hydrogen-bond acceptors (Lipinski definition) is 5. The number of aromatic nitrogens is 1. The second kappa shape index (κ2) is 4.83. The average Bonchev–Trinajstić information content (AvgIpc) is 2.95. The number of aliphatic hydroxyl groups excluding tert-OH is 1. The minimum atomic E-state index is -1.54. The fourth-order valence-electron chi connectivity index (χ4n) is 2.01.